The summed E-state index contributed by atoms with van der Waals surface area (Å²) < 4.78 is 11.7. The Labute approximate surface area is 130 Å². The van der Waals surface area contributed by atoms with Crippen LogP contribution in [-0.2, 0) is 21.1 Å². The van der Waals surface area contributed by atoms with E-state index in [9.17, 15) is 19.6 Å². The lowest BCUT2D eigenvalue weighted by atomic mass is 10.2. The summed E-state index contributed by atoms with van der Waals surface area (Å²) in [6.07, 6.45) is -0.829. The molecule has 1 aromatic rings. The smallest absolute Gasteiger partial charge is 0.330 e. The number of nitrogens with zero attached hydrogens (tertiary/aromatic N) is 1. The van der Waals surface area contributed by atoms with Gasteiger partial charge >= 0.3 is 5.69 Å². The number of thiol groups is 1. The van der Waals surface area contributed by atoms with E-state index in [0.29, 0.717) is 5.56 Å². The molecule has 1 aliphatic rings. The first-order chi connectivity index (χ1) is 9.67. The molecule has 2 rings (SSSR count). The molecule has 0 aliphatic carbocycles. The van der Waals surface area contributed by atoms with Crippen molar-refractivity contribution in [2.24, 2.45) is 0 Å². The summed E-state index contributed by atoms with van der Waals surface area (Å²) in [5.41, 5.74) is -3.87. The van der Waals surface area contributed by atoms with Gasteiger partial charge in [0.2, 0.25) is 5.69 Å². The Morgan fingerprint density at radius 3 is 2.95 bits per heavy atom. The molecule has 0 radical (unpaired) electrons. The van der Waals surface area contributed by atoms with E-state index >= 15 is 0 Å². The van der Waals surface area contributed by atoms with E-state index < -0.39 is 35.4 Å². The predicted molar refractivity (Wildman–Crippen MR) is 82.0 cm³/mol. The first-order valence-electron chi connectivity index (χ1n) is 6.03. The normalized spacial score (nSPS) is 28.5. The van der Waals surface area contributed by atoms with Crippen molar-refractivity contribution in [1.82, 2.24) is 9.55 Å². The molecule has 1 aliphatic heterocycles. The largest absolute Gasteiger partial charge is 0.390 e. The van der Waals surface area contributed by atoms with Crippen LogP contribution < -0.4 is 11.2 Å². The second-order valence-electron chi connectivity index (χ2n) is 4.70. The van der Waals surface area contributed by atoms with E-state index in [-0.39, 0.29) is 13.0 Å². The van der Waals surface area contributed by atoms with Crippen LogP contribution >= 0.6 is 17.9 Å². The third-order valence-corrected chi connectivity index (χ3v) is 4.22. The number of aromatic nitrogens is 2. The van der Waals surface area contributed by atoms with Gasteiger partial charge in [0.25, 0.3) is 5.56 Å². The first-order valence-corrected chi connectivity index (χ1v) is 9.85. The highest BCUT2D eigenvalue weighted by atomic mass is 32.9. The summed E-state index contributed by atoms with van der Waals surface area (Å²) in [7, 11) is 0. The summed E-state index contributed by atoms with van der Waals surface area (Å²) in [4.78, 5) is 34.5. The van der Waals surface area contributed by atoms with Crippen molar-refractivity contribution < 1.29 is 19.3 Å². The zero-order valence-electron chi connectivity index (χ0n) is 11.0. The van der Waals surface area contributed by atoms with Crippen molar-refractivity contribution in [2.75, 3.05) is 6.61 Å². The van der Waals surface area contributed by atoms with E-state index in [2.05, 4.69) is 29.0 Å². The monoisotopic (exact) mass is 354 g/mol. The average Bonchev–Trinajstić information content (AvgIpc) is 2.72. The molecule has 1 fully saturated rings. The second kappa shape index (κ2) is 6.33. The Morgan fingerprint density at radius 1 is 1.67 bits per heavy atom. The number of H-pyrrole nitrogens is 1. The van der Waals surface area contributed by atoms with Gasteiger partial charge in [0.15, 0.2) is 0 Å². The molecule has 0 amide bonds. The summed E-state index contributed by atoms with van der Waals surface area (Å²) in [6, 6.07) is 0. The van der Waals surface area contributed by atoms with Crippen LogP contribution in [0, 0.1) is 6.92 Å². The molecule has 1 aromatic heterocycles. The molecule has 1 saturated heterocycles. The van der Waals surface area contributed by atoms with Crippen LogP contribution in [0.1, 0.15) is 18.2 Å². The van der Waals surface area contributed by atoms with Crippen molar-refractivity contribution in [2.45, 2.75) is 31.8 Å². The summed E-state index contributed by atoms with van der Waals surface area (Å²) in [6.45, 7) is 1.43. The van der Waals surface area contributed by atoms with Gasteiger partial charge in [-0.05, 0) is 18.7 Å². The summed E-state index contributed by atoms with van der Waals surface area (Å²) in [5.74, 6) is 0. The van der Waals surface area contributed by atoms with Crippen LogP contribution in [0.3, 0.4) is 0 Å². The SMILES string of the molecule is Cc1cn(C2CC(O)C(COP(O)(=S)S)O2)c(=O)[nH]c1=O. The van der Waals surface area contributed by atoms with Gasteiger partial charge in [0.1, 0.15) is 12.3 Å². The van der Waals surface area contributed by atoms with Crippen LogP contribution in [0.2, 0.25) is 0 Å². The zero-order valence-corrected chi connectivity index (χ0v) is 13.6. The fourth-order valence-electron chi connectivity index (χ4n) is 2.01. The van der Waals surface area contributed by atoms with Crippen LogP contribution in [0.25, 0.3) is 0 Å². The average molecular weight is 354 g/mol. The standard InChI is InChI=1S/C10H15N2O6PS2/c1-5-3-12(10(15)11-9(5)14)8-2-6(13)7(18-8)4-17-19(16,20)21/h3,6-8,13H,2,4H2,1H3,(H,11,14,15)(H2,16,20,21). The van der Waals surface area contributed by atoms with Crippen molar-refractivity contribution in [3.63, 3.8) is 0 Å². The summed E-state index contributed by atoms with van der Waals surface area (Å²) >= 11 is 8.33. The zero-order chi connectivity index (χ0) is 15.8. The van der Waals surface area contributed by atoms with Crippen molar-refractivity contribution in [3.05, 3.63) is 32.6 Å². The van der Waals surface area contributed by atoms with Crippen LogP contribution in [0.5, 0.6) is 0 Å². The molecule has 2 heterocycles. The van der Waals surface area contributed by atoms with Gasteiger partial charge in [-0.2, -0.15) is 0 Å². The number of aromatic amines is 1. The Balaban J connectivity index is 2.14. The van der Waals surface area contributed by atoms with E-state index in [0.717, 1.165) is 0 Å². The second-order valence-corrected chi connectivity index (χ2v) is 9.86. The molecule has 4 unspecified atom stereocenters. The number of aryl methyl sites for hydroxylation is 1. The van der Waals surface area contributed by atoms with Gasteiger partial charge in [-0.1, -0.05) is 12.2 Å². The molecule has 0 saturated carbocycles. The van der Waals surface area contributed by atoms with E-state index in [4.69, 9.17) is 9.26 Å². The van der Waals surface area contributed by atoms with Crippen molar-refractivity contribution >= 4 is 29.7 Å². The highest BCUT2D eigenvalue weighted by molar-refractivity contribution is 8.59. The Morgan fingerprint density at radius 2 is 2.33 bits per heavy atom. The van der Waals surface area contributed by atoms with Gasteiger partial charge in [-0.15, -0.1) is 0 Å². The number of aliphatic hydroxyl groups is 1. The third kappa shape index (κ3) is 4.26. The molecule has 8 nitrogen and oxygen atoms in total. The Bertz CT molecular complexity index is 683. The fraction of sp³-hybridized carbons (Fsp3) is 0.600. The number of aliphatic hydroxyl groups excluding tert-OH is 1. The molecular formula is C10H15N2O6PS2. The van der Waals surface area contributed by atoms with Crippen molar-refractivity contribution in [3.8, 4) is 0 Å². The predicted octanol–water partition coefficient (Wildman–Crippen LogP) is -0.343. The quantitative estimate of drug-likeness (QED) is 0.432. The minimum Gasteiger partial charge on any atom is -0.390 e. The highest BCUT2D eigenvalue weighted by Gasteiger charge is 2.36. The molecule has 0 bridgehead atoms. The lowest BCUT2D eigenvalue weighted by molar-refractivity contribution is -0.0402. The lowest BCUT2D eigenvalue weighted by Crippen LogP contribution is -2.33. The van der Waals surface area contributed by atoms with Gasteiger partial charge in [-0.25, -0.2) is 4.79 Å². The molecule has 3 N–H and O–H groups in total. The minimum atomic E-state index is -3.14. The maximum absolute atomic E-state index is 11.8. The number of hydrogen-bond acceptors (Lipinski definition) is 6. The van der Waals surface area contributed by atoms with Gasteiger partial charge < -0.3 is 19.3 Å². The van der Waals surface area contributed by atoms with Gasteiger partial charge in [0, 0.05) is 18.2 Å². The minimum absolute atomic E-state index is 0.133. The molecule has 0 spiro atoms. The van der Waals surface area contributed by atoms with E-state index in [1.165, 1.54) is 10.8 Å². The van der Waals surface area contributed by atoms with E-state index in [1.807, 2.05) is 0 Å². The fourth-order valence-corrected chi connectivity index (χ4v) is 2.73. The number of hydrogen-bond donors (Lipinski definition) is 4. The molecule has 4 atom stereocenters. The van der Waals surface area contributed by atoms with Crippen LogP contribution in [0.15, 0.2) is 15.8 Å². The van der Waals surface area contributed by atoms with Crippen LogP contribution in [-0.4, -0.2) is 38.4 Å². The lowest BCUT2D eigenvalue weighted by Gasteiger charge is -2.17. The molecular weight excluding hydrogens is 339 g/mol. The number of rotatable bonds is 4. The molecule has 0 aromatic carbocycles. The maximum atomic E-state index is 11.8. The Kier molecular flexibility index (Phi) is 5.09. The molecule has 118 valence electrons. The molecule has 21 heavy (non-hydrogen) atoms. The number of ether oxygens (including phenoxy) is 1. The number of nitrogens with one attached hydrogen (secondary N) is 1. The third-order valence-electron chi connectivity index (χ3n) is 3.07. The maximum Gasteiger partial charge on any atom is 0.330 e. The Hall–Kier alpha value is -0.480. The first kappa shape index (κ1) is 16.9. The van der Waals surface area contributed by atoms with Crippen molar-refractivity contribution in [1.29, 1.82) is 0 Å². The topological polar surface area (TPSA) is 114 Å². The highest BCUT2D eigenvalue weighted by Crippen LogP contribution is 2.47. The van der Waals surface area contributed by atoms with E-state index in [1.54, 1.807) is 6.92 Å². The van der Waals surface area contributed by atoms with Gasteiger partial charge in [-0.3, -0.25) is 14.3 Å². The van der Waals surface area contributed by atoms with Gasteiger partial charge in [0.05, 0.1) is 12.7 Å². The molecule has 11 heteroatoms. The van der Waals surface area contributed by atoms with Crippen LogP contribution in [0.4, 0.5) is 0 Å². The summed E-state index contributed by atoms with van der Waals surface area (Å²) in [5, 5.41) is 9.91.